The lowest BCUT2D eigenvalue weighted by Crippen LogP contribution is -1.69. The molecule has 3 aromatic rings. The molecule has 6 nitrogen and oxygen atoms in total. The minimum Gasteiger partial charge on any atom is -0.359 e. The van der Waals surface area contributed by atoms with E-state index in [2.05, 4.69) is 25.6 Å². The van der Waals surface area contributed by atoms with Gasteiger partial charge in [-0.2, -0.15) is 15.3 Å². The second kappa shape index (κ2) is 6.74. The lowest BCUT2D eigenvalue weighted by atomic mass is 10.3. The molecule has 2 aromatic carbocycles. The van der Waals surface area contributed by atoms with E-state index in [1.165, 1.54) is 0 Å². The fourth-order valence-corrected chi connectivity index (χ4v) is 1.92. The third kappa shape index (κ3) is 3.74. The van der Waals surface area contributed by atoms with Gasteiger partial charge in [0.1, 0.15) is 5.69 Å². The van der Waals surface area contributed by atoms with Crippen molar-refractivity contribution in [2.45, 2.75) is 13.8 Å². The Morgan fingerprint density at radius 1 is 0.696 bits per heavy atom. The molecule has 0 aliphatic carbocycles. The van der Waals surface area contributed by atoms with Gasteiger partial charge in [-0.1, -0.05) is 23.4 Å². The summed E-state index contributed by atoms with van der Waals surface area (Å²) in [4.78, 5) is 0. The predicted octanol–water partition coefficient (Wildman–Crippen LogP) is 6.12. The molecule has 0 N–H and O–H groups in total. The Bertz CT molecular complexity index is 816. The Morgan fingerprint density at radius 3 is 1.74 bits per heavy atom. The number of azo groups is 2. The number of benzene rings is 2. The van der Waals surface area contributed by atoms with Crippen molar-refractivity contribution in [1.29, 1.82) is 0 Å². The van der Waals surface area contributed by atoms with Crippen molar-refractivity contribution >= 4 is 22.7 Å². The summed E-state index contributed by atoms with van der Waals surface area (Å²) in [6, 6.07) is 16.9. The quantitative estimate of drug-likeness (QED) is 0.544. The maximum absolute atomic E-state index is 5.05. The Hall–Kier alpha value is -3.15. The van der Waals surface area contributed by atoms with Crippen LogP contribution in [0.5, 0.6) is 0 Å². The smallest absolute Gasteiger partial charge is 0.161 e. The zero-order valence-electron chi connectivity index (χ0n) is 12.8. The molecule has 1 heterocycles. The minimum absolute atomic E-state index is 0.652. The largest absolute Gasteiger partial charge is 0.359 e. The molecule has 0 radical (unpaired) electrons. The summed E-state index contributed by atoms with van der Waals surface area (Å²) in [7, 11) is 0. The molecule has 0 aliphatic heterocycles. The summed E-state index contributed by atoms with van der Waals surface area (Å²) in [6.07, 6.45) is 0. The summed E-state index contributed by atoms with van der Waals surface area (Å²) in [6.45, 7) is 3.64. The first-order valence-electron chi connectivity index (χ1n) is 7.14. The van der Waals surface area contributed by atoms with Gasteiger partial charge in [-0.05, 0) is 50.2 Å². The summed E-state index contributed by atoms with van der Waals surface area (Å²) in [5, 5.41) is 20.5. The topological polar surface area (TPSA) is 75.5 Å². The van der Waals surface area contributed by atoms with Gasteiger partial charge in [-0.25, -0.2) is 0 Å². The number of nitrogens with zero attached hydrogens (tertiary/aromatic N) is 5. The van der Waals surface area contributed by atoms with E-state index in [1.54, 1.807) is 6.92 Å². The number of aryl methyl sites for hydroxylation is 2. The summed E-state index contributed by atoms with van der Waals surface area (Å²) >= 11 is 0. The maximum Gasteiger partial charge on any atom is 0.161 e. The molecule has 0 amide bonds. The van der Waals surface area contributed by atoms with Gasteiger partial charge in [-0.15, -0.1) is 5.11 Å². The average molecular weight is 305 g/mol. The first-order valence-corrected chi connectivity index (χ1v) is 7.14. The molecular weight excluding hydrogens is 290 g/mol. The zero-order chi connectivity index (χ0) is 16.1. The Morgan fingerprint density at radius 2 is 1.22 bits per heavy atom. The van der Waals surface area contributed by atoms with E-state index in [0.29, 0.717) is 11.4 Å². The van der Waals surface area contributed by atoms with Crippen LogP contribution < -0.4 is 0 Å². The Labute approximate surface area is 133 Å². The molecule has 6 heteroatoms. The van der Waals surface area contributed by atoms with Crippen molar-refractivity contribution in [3.63, 3.8) is 0 Å². The summed E-state index contributed by atoms with van der Waals surface area (Å²) in [5.74, 6) is 0.652. The van der Waals surface area contributed by atoms with E-state index >= 15 is 0 Å². The Balaban J connectivity index is 1.71. The normalized spacial score (nSPS) is 11.6. The Kier molecular flexibility index (Phi) is 4.33. The van der Waals surface area contributed by atoms with Crippen LogP contribution in [0.15, 0.2) is 79.6 Å². The highest BCUT2D eigenvalue weighted by atomic mass is 16.5. The first-order chi connectivity index (χ1) is 11.2. The van der Waals surface area contributed by atoms with E-state index in [1.807, 2.05) is 61.5 Å². The lowest BCUT2D eigenvalue weighted by Gasteiger charge is -1.95. The second-order valence-electron chi connectivity index (χ2n) is 4.92. The van der Waals surface area contributed by atoms with Crippen LogP contribution in [-0.4, -0.2) is 5.16 Å². The van der Waals surface area contributed by atoms with Crippen LogP contribution in [0.25, 0.3) is 0 Å². The third-order valence-corrected chi connectivity index (χ3v) is 3.15. The van der Waals surface area contributed by atoms with E-state index in [4.69, 9.17) is 4.52 Å². The minimum atomic E-state index is 0.652. The molecule has 1 aromatic heterocycles. The van der Waals surface area contributed by atoms with E-state index in [0.717, 1.165) is 22.8 Å². The number of aromatic nitrogens is 1. The fraction of sp³-hybridized carbons (Fsp3) is 0.118. The summed E-state index contributed by atoms with van der Waals surface area (Å²) in [5.41, 5.74) is 3.68. The maximum atomic E-state index is 5.05. The molecule has 0 unspecified atom stereocenters. The molecular formula is C17H15N5O. The van der Waals surface area contributed by atoms with Crippen LogP contribution in [0, 0.1) is 13.8 Å². The SMILES string of the molecule is Cc1noc(C)c1N=Nc1ccc(N=Nc2ccccc2)cc1. The van der Waals surface area contributed by atoms with E-state index in [-0.39, 0.29) is 0 Å². The number of hydrogen-bond donors (Lipinski definition) is 0. The summed E-state index contributed by atoms with van der Waals surface area (Å²) < 4.78 is 5.05. The average Bonchev–Trinajstić information content (AvgIpc) is 2.91. The van der Waals surface area contributed by atoms with Gasteiger partial charge in [0.25, 0.3) is 0 Å². The molecule has 0 atom stereocenters. The molecule has 0 aliphatic rings. The van der Waals surface area contributed by atoms with Crippen LogP contribution in [0.4, 0.5) is 22.7 Å². The van der Waals surface area contributed by atoms with Crippen molar-refractivity contribution in [3.8, 4) is 0 Å². The molecule has 23 heavy (non-hydrogen) atoms. The van der Waals surface area contributed by atoms with E-state index in [9.17, 15) is 0 Å². The highest BCUT2D eigenvalue weighted by Crippen LogP contribution is 2.26. The molecule has 3 rings (SSSR count). The first kappa shape index (κ1) is 14.8. The molecule has 0 spiro atoms. The van der Waals surface area contributed by atoms with E-state index < -0.39 is 0 Å². The van der Waals surface area contributed by atoms with Crippen molar-refractivity contribution in [2.75, 3.05) is 0 Å². The van der Waals surface area contributed by atoms with Crippen LogP contribution in [0.1, 0.15) is 11.5 Å². The van der Waals surface area contributed by atoms with Gasteiger partial charge < -0.3 is 4.52 Å². The zero-order valence-corrected chi connectivity index (χ0v) is 12.8. The highest BCUT2D eigenvalue weighted by molar-refractivity contribution is 5.49. The lowest BCUT2D eigenvalue weighted by molar-refractivity contribution is 0.393. The third-order valence-electron chi connectivity index (χ3n) is 3.15. The van der Waals surface area contributed by atoms with Crippen molar-refractivity contribution < 1.29 is 4.52 Å². The van der Waals surface area contributed by atoms with Gasteiger partial charge in [0.15, 0.2) is 11.4 Å². The number of hydrogen-bond acceptors (Lipinski definition) is 6. The highest BCUT2D eigenvalue weighted by Gasteiger charge is 2.07. The van der Waals surface area contributed by atoms with Gasteiger partial charge in [0.2, 0.25) is 0 Å². The molecule has 0 saturated heterocycles. The fourth-order valence-electron chi connectivity index (χ4n) is 1.92. The van der Waals surface area contributed by atoms with Crippen molar-refractivity contribution in [1.82, 2.24) is 5.16 Å². The van der Waals surface area contributed by atoms with Gasteiger partial charge in [0, 0.05) is 0 Å². The molecule has 114 valence electrons. The van der Waals surface area contributed by atoms with Crippen molar-refractivity contribution in [3.05, 3.63) is 66.1 Å². The van der Waals surface area contributed by atoms with Crippen LogP contribution in [0.3, 0.4) is 0 Å². The predicted molar refractivity (Wildman–Crippen MR) is 87.2 cm³/mol. The van der Waals surface area contributed by atoms with Crippen LogP contribution in [-0.2, 0) is 0 Å². The monoisotopic (exact) mass is 305 g/mol. The van der Waals surface area contributed by atoms with Gasteiger partial charge >= 0.3 is 0 Å². The second-order valence-corrected chi connectivity index (χ2v) is 4.92. The molecule has 0 fully saturated rings. The molecule has 0 bridgehead atoms. The molecule has 0 saturated carbocycles. The van der Waals surface area contributed by atoms with Gasteiger partial charge in [-0.3, -0.25) is 0 Å². The van der Waals surface area contributed by atoms with Crippen LogP contribution in [0.2, 0.25) is 0 Å². The standard InChI is InChI=1S/C17H15N5O/c1-12-17(13(2)23-22-12)21-20-16-10-8-15(9-11-16)19-18-14-6-4-3-5-7-14/h3-11H,1-2H3. The van der Waals surface area contributed by atoms with Gasteiger partial charge in [0.05, 0.1) is 17.1 Å². The van der Waals surface area contributed by atoms with Crippen LogP contribution >= 0.6 is 0 Å². The number of rotatable bonds is 4. The van der Waals surface area contributed by atoms with Crippen molar-refractivity contribution in [2.24, 2.45) is 20.5 Å².